The Bertz CT molecular complexity index is 966. The van der Waals surface area contributed by atoms with Crippen LogP contribution in [0.1, 0.15) is 67.9 Å². The Kier molecular flexibility index (Phi) is 13.6. The summed E-state index contributed by atoms with van der Waals surface area (Å²) >= 11 is 11.3. The van der Waals surface area contributed by atoms with Gasteiger partial charge in [-0.15, -0.1) is 0 Å². The monoisotopic (exact) mass is 535 g/mol. The van der Waals surface area contributed by atoms with Crippen LogP contribution in [0.25, 0.3) is 0 Å². The van der Waals surface area contributed by atoms with Gasteiger partial charge in [-0.25, -0.2) is 0 Å². The molecule has 0 atom stereocenters. The Labute approximate surface area is 226 Å². The number of halogens is 2. The van der Waals surface area contributed by atoms with Gasteiger partial charge in [0.05, 0.1) is 13.2 Å². The predicted octanol–water partition coefficient (Wildman–Crippen LogP) is 7.76. The van der Waals surface area contributed by atoms with Crippen molar-refractivity contribution in [2.75, 3.05) is 32.9 Å². The van der Waals surface area contributed by atoms with Crippen LogP contribution in [0.4, 0.5) is 0 Å². The molecule has 0 aromatic heterocycles. The van der Waals surface area contributed by atoms with Gasteiger partial charge in [0.1, 0.15) is 28.3 Å². The molecule has 0 heterocycles. The largest absolute Gasteiger partial charge is 0.494 e. The Hall–Kier alpha value is -2.37. The Morgan fingerprint density at radius 3 is 2.11 bits per heavy atom. The van der Waals surface area contributed by atoms with Crippen molar-refractivity contribution in [3.8, 4) is 17.2 Å². The Balaban J connectivity index is 1.78. The molecule has 0 unspecified atom stereocenters. The van der Waals surface area contributed by atoms with E-state index in [-0.39, 0.29) is 10.4 Å². The molecule has 0 N–H and O–H groups in total. The number of rotatable bonds is 16. The van der Waals surface area contributed by atoms with E-state index in [0.29, 0.717) is 25.4 Å². The number of aryl methyl sites for hydroxylation is 2. The zero-order valence-electron chi connectivity index (χ0n) is 21.9. The summed E-state index contributed by atoms with van der Waals surface area (Å²) in [6.45, 7) is 11.4. The van der Waals surface area contributed by atoms with E-state index in [1.165, 1.54) is 0 Å². The smallest absolute Gasteiger partial charge is 0.253 e. The van der Waals surface area contributed by atoms with E-state index in [1.54, 1.807) is 6.08 Å². The predicted molar refractivity (Wildman–Crippen MR) is 149 cm³/mol. The summed E-state index contributed by atoms with van der Waals surface area (Å²) in [5.74, 6) is 2.54. The lowest BCUT2D eigenvalue weighted by Gasteiger charge is -2.21. The third-order valence-corrected chi connectivity index (χ3v) is 5.93. The molecule has 0 radical (unpaired) electrons. The lowest BCUT2D eigenvalue weighted by atomic mass is 10.1. The minimum Gasteiger partial charge on any atom is -0.494 e. The van der Waals surface area contributed by atoms with E-state index in [9.17, 15) is 4.79 Å². The number of unbranched alkanes of at least 4 members (excludes halogenated alkanes) is 1. The summed E-state index contributed by atoms with van der Waals surface area (Å²) in [6.07, 6.45) is 6.11. The number of ether oxygens (including phenoxy) is 3. The van der Waals surface area contributed by atoms with Crippen LogP contribution in [0.15, 0.2) is 47.0 Å². The summed E-state index contributed by atoms with van der Waals surface area (Å²) < 4.78 is 17.9. The van der Waals surface area contributed by atoms with Crippen molar-refractivity contribution in [2.24, 2.45) is 0 Å². The SMILES string of the molecule is CCCN(CCC)C(=O)c1ccc(OCCCCOc2c(C)cc(OCC=C(Cl)Cl)cc2CC)cc1. The van der Waals surface area contributed by atoms with Gasteiger partial charge in [-0.1, -0.05) is 44.0 Å². The highest BCUT2D eigenvalue weighted by molar-refractivity contribution is 6.55. The van der Waals surface area contributed by atoms with Crippen LogP contribution in [0.5, 0.6) is 17.2 Å². The lowest BCUT2D eigenvalue weighted by Crippen LogP contribution is -2.32. The first-order valence-corrected chi connectivity index (χ1v) is 13.6. The minimum absolute atomic E-state index is 0.0835. The molecular weight excluding hydrogens is 497 g/mol. The molecule has 2 rings (SSSR count). The summed E-state index contributed by atoms with van der Waals surface area (Å²) in [5.41, 5.74) is 2.84. The van der Waals surface area contributed by atoms with E-state index in [1.807, 2.05) is 48.2 Å². The number of nitrogens with zero attached hydrogens (tertiary/aromatic N) is 1. The number of hydrogen-bond acceptors (Lipinski definition) is 4. The minimum atomic E-state index is 0.0835. The molecule has 7 heteroatoms. The molecule has 2 aromatic carbocycles. The van der Waals surface area contributed by atoms with Gasteiger partial charge in [-0.2, -0.15) is 0 Å². The average Bonchev–Trinajstić information content (AvgIpc) is 2.86. The summed E-state index contributed by atoms with van der Waals surface area (Å²) in [4.78, 5) is 14.6. The fourth-order valence-corrected chi connectivity index (χ4v) is 3.99. The first-order chi connectivity index (χ1) is 17.4. The van der Waals surface area contributed by atoms with E-state index in [0.717, 1.165) is 73.6 Å². The van der Waals surface area contributed by atoms with Gasteiger partial charge in [-0.3, -0.25) is 4.79 Å². The van der Waals surface area contributed by atoms with E-state index < -0.39 is 0 Å². The lowest BCUT2D eigenvalue weighted by molar-refractivity contribution is 0.0755. The number of hydrogen-bond donors (Lipinski definition) is 0. The van der Waals surface area contributed by atoms with Crippen LogP contribution in [-0.2, 0) is 6.42 Å². The second kappa shape index (κ2) is 16.4. The highest BCUT2D eigenvalue weighted by atomic mass is 35.5. The highest BCUT2D eigenvalue weighted by Crippen LogP contribution is 2.30. The van der Waals surface area contributed by atoms with Gasteiger partial charge >= 0.3 is 0 Å². The molecule has 1 amide bonds. The van der Waals surface area contributed by atoms with Crippen molar-refractivity contribution in [3.05, 3.63) is 63.7 Å². The first kappa shape index (κ1) is 29.9. The zero-order chi connectivity index (χ0) is 26.3. The standard InChI is InChI=1S/C29H39Cl2NO4/c1-5-15-32(16-6-2)29(33)24-10-12-25(13-11-24)34-17-8-9-18-36-28-22(4)20-26(21-23(28)7-3)35-19-14-27(30)31/h10-14,20-21H,5-9,15-19H2,1-4H3. The second-order valence-corrected chi connectivity index (χ2v) is 9.62. The normalized spacial score (nSPS) is 10.6. The third-order valence-electron chi connectivity index (χ3n) is 5.62. The second-order valence-electron chi connectivity index (χ2n) is 8.61. The van der Waals surface area contributed by atoms with Gasteiger partial charge in [0.2, 0.25) is 0 Å². The van der Waals surface area contributed by atoms with Gasteiger partial charge in [0, 0.05) is 18.7 Å². The van der Waals surface area contributed by atoms with Crippen LogP contribution in [0.3, 0.4) is 0 Å². The molecule has 0 spiro atoms. The number of amides is 1. The van der Waals surface area contributed by atoms with Gasteiger partial charge < -0.3 is 19.1 Å². The van der Waals surface area contributed by atoms with E-state index >= 15 is 0 Å². The Morgan fingerprint density at radius 1 is 0.889 bits per heavy atom. The topological polar surface area (TPSA) is 48.0 Å². The van der Waals surface area contributed by atoms with Crippen LogP contribution in [0.2, 0.25) is 0 Å². The van der Waals surface area contributed by atoms with Crippen molar-refractivity contribution >= 4 is 29.1 Å². The molecule has 0 aliphatic rings. The first-order valence-electron chi connectivity index (χ1n) is 12.8. The number of benzene rings is 2. The maximum Gasteiger partial charge on any atom is 0.253 e. The van der Waals surface area contributed by atoms with Gasteiger partial charge in [-0.05, 0) is 92.6 Å². The van der Waals surface area contributed by atoms with Crippen molar-refractivity contribution in [1.29, 1.82) is 0 Å². The molecule has 2 aromatic rings. The van der Waals surface area contributed by atoms with Gasteiger partial charge in [0.25, 0.3) is 5.91 Å². The van der Waals surface area contributed by atoms with Crippen molar-refractivity contribution in [2.45, 2.75) is 59.8 Å². The maximum atomic E-state index is 12.7. The van der Waals surface area contributed by atoms with Crippen LogP contribution < -0.4 is 14.2 Å². The third kappa shape index (κ3) is 9.94. The van der Waals surface area contributed by atoms with E-state index in [2.05, 4.69) is 20.8 Å². The number of carbonyl (C=O) groups excluding carboxylic acids is 1. The molecule has 0 bridgehead atoms. The number of carbonyl (C=O) groups is 1. The quantitative estimate of drug-likeness (QED) is 0.206. The van der Waals surface area contributed by atoms with Crippen molar-refractivity contribution < 1.29 is 19.0 Å². The molecule has 0 saturated carbocycles. The van der Waals surface area contributed by atoms with Crippen LogP contribution in [0, 0.1) is 6.92 Å². The molecular formula is C29H39Cl2NO4. The highest BCUT2D eigenvalue weighted by Gasteiger charge is 2.14. The molecule has 5 nitrogen and oxygen atoms in total. The maximum absolute atomic E-state index is 12.7. The molecule has 0 saturated heterocycles. The fourth-order valence-electron chi connectivity index (χ4n) is 3.86. The average molecular weight is 537 g/mol. The van der Waals surface area contributed by atoms with Crippen LogP contribution >= 0.6 is 23.2 Å². The summed E-state index contributed by atoms with van der Waals surface area (Å²) in [5, 5.41) is 0. The molecule has 198 valence electrons. The van der Waals surface area contributed by atoms with Gasteiger partial charge in [0.15, 0.2) is 0 Å². The summed E-state index contributed by atoms with van der Waals surface area (Å²) in [6, 6.07) is 11.4. The summed E-state index contributed by atoms with van der Waals surface area (Å²) in [7, 11) is 0. The fraction of sp³-hybridized carbons (Fsp3) is 0.483. The molecule has 0 fully saturated rings. The Morgan fingerprint density at radius 2 is 1.53 bits per heavy atom. The van der Waals surface area contributed by atoms with E-state index in [4.69, 9.17) is 37.4 Å². The van der Waals surface area contributed by atoms with Crippen LogP contribution in [-0.4, -0.2) is 43.7 Å². The van der Waals surface area contributed by atoms with Crippen molar-refractivity contribution in [1.82, 2.24) is 4.90 Å². The molecule has 0 aliphatic carbocycles. The molecule has 0 aliphatic heterocycles. The molecule has 36 heavy (non-hydrogen) atoms. The van der Waals surface area contributed by atoms with Crippen molar-refractivity contribution in [3.63, 3.8) is 0 Å². The zero-order valence-corrected chi connectivity index (χ0v) is 23.5.